The van der Waals surface area contributed by atoms with Crippen molar-refractivity contribution in [1.29, 1.82) is 0 Å². The molecule has 0 amide bonds. The Bertz CT molecular complexity index is 587. The summed E-state index contributed by atoms with van der Waals surface area (Å²) in [5.74, 6) is -1.41. The van der Waals surface area contributed by atoms with E-state index >= 15 is 0 Å². The molecule has 0 fully saturated rings. The third-order valence-electron chi connectivity index (χ3n) is 2.75. The van der Waals surface area contributed by atoms with E-state index in [1.54, 1.807) is 12.4 Å². The molecular formula is C13H14F2N4. The second kappa shape index (κ2) is 5.60. The molecule has 0 aliphatic carbocycles. The van der Waals surface area contributed by atoms with Gasteiger partial charge in [-0.05, 0) is 24.1 Å². The summed E-state index contributed by atoms with van der Waals surface area (Å²) in [6, 6.07) is 2.64. The first-order valence-corrected chi connectivity index (χ1v) is 5.79. The number of aryl methyl sites for hydroxylation is 1. The Morgan fingerprint density at radius 2 is 1.95 bits per heavy atom. The zero-order valence-electron chi connectivity index (χ0n) is 10.7. The summed E-state index contributed by atoms with van der Waals surface area (Å²) in [4.78, 5) is 7.83. The van der Waals surface area contributed by atoms with Gasteiger partial charge in [-0.25, -0.2) is 13.8 Å². The Balaban J connectivity index is 2.18. The standard InChI is InChI=1S/C13H14F2N4/c1-8-6-17-4-3-9(8)7-18-13-11(15)5-10(14)12(16-2)19-13/h3-6H,7H2,1-2H3,(H2,16,18,19). The average molecular weight is 264 g/mol. The molecule has 2 heterocycles. The van der Waals surface area contributed by atoms with Crippen molar-refractivity contribution >= 4 is 11.6 Å². The van der Waals surface area contributed by atoms with Crippen molar-refractivity contribution in [2.75, 3.05) is 17.7 Å². The van der Waals surface area contributed by atoms with Gasteiger partial charge in [-0.2, -0.15) is 0 Å². The molecule has 100 valence electrons. The number of halogens is 2. The summed E-state index contributed by atoms with van der Waals surface area (Å²) < 4.78 is 26.8. The summed E-state index contributed by atoms with van der Waals surface area (Å²) in [5.41, 5.74) is 1.97. The number of aromatic nitrogens is 2. The Hall–Kier alpha value is -2.24. The Labute approximate surface area is 109 Å². The number of pyridine rings is 2. The fourth-order valence-corrected chi connectivity index (χ4v) is 1.65. The van der Waals surface area contributed by atoms with Crippen LogP contribution in [0, 0.1) is 18.6 Å². The van der Waals surface area contributed by atoms with Crippen molar-refractivity contribution in [2.45, 2.75) is 13.5 Å². The van der Waals surface area contributed by atoms with E-state index in [9.17, 15) is 8.78 Å². The van der Waals surface area contributed by atoms with Gasteiger partial charge in [0.1, 0.15) is 0 Å². The number of hydrogen-bond donors (Lipinski definition) is 2. The lowest BCUT2D eigenvalue weighted by Crippen LogP contribution is -2.08. The van der Waals surface area contributed by atoms with Gasteiger partial charge in [0.05, 0.1) is 0 Å². The lowest BCUT2D eigenvalue weighted by molar-refractivity contribution is 0.578. The maximum absolute atomic E-state index is 13.6. The lowest BCUT2D eigenvalue weighted by Gasteiger charge is -2.10. The predicted octanol–water partition coefficient (Wildman–Crippen LogP) is 2.72. The zero-order chi connectivity index (χ0) is 13.8. The number of rotatable bonds is 4. The first-order valence-electron chi connectivity index (χ1n) is 5.79. The van der Waals surface area contributed by atoms with E-state index < -0.39 is 11.6 Å². The average Bonchev–Trinajstić information content (AvgIpc) is 2.39. The highest BCUT2D eigenvalue weighted by Gasteiger charge is 2.10. The van der Waals surface area contributed by atoms with Crippen LogP contribution in [0.3, 0.4) is 0 Å². The fourth-order valence-electron chi connectivity index (χ4n) is 1.65. The molecule has 0 saturated carbocycles. The molecule has 0 aliphatic heterocycles. The third kappa shape index (κ3) is 2.96. The molecule has 0 bridgehead atoms. The summed E-state index contributed by atoms with van der Waals surface area (Å²) in [6.07, 6.45) is 3.39. The van der Waals surface area contributed by atoms with Gasteiger partial charge in [-0.3, -0.25) is 4.98 Å². The largest absolute Gasteiger partial charge is 0.371 e. The maximum Gasteiger partial charge on any atom is 0.168 e. The molecule has 19 heavy (non-hydrogen) atoms. The van der Waals surface area contributed by atoms with Crippen LogP contribution in [0.5, 0.6) is 0 Å². The van der Waals surface area contributed by atoms with Gasteiger partial charge in [0.2, 0.25) is 0 Å². The molecule has 2 N–H and O–H groups in total. The molecule has 0 spiro atoms. The van der Waals surface area contributed by atoms with E-state index in [1.165, 1.54) is 7.05 Å². The topological polar surface area (TPSA) is 49.8 Å². The molecule has 0 aliphatic rings. The summed E-state index contributed by atoms with van der Waals surface area (Å²) in [7, 11) is 1.53. The smallest absolute Gasteiger partial charge is 0.168 e. The first-order chi connectivity index (χ1) is 9.11. The predicted molar refractivity (Wildman–Crippen MR) is 70.0 cm³/mol. The minimum Gasteiger partial charge on any atom is -0.371 e. The summed E-state index contributed by atoms with van der Waals surface area (Å²) in [6.45, 7) is 2.31. The highest BCUT2D eigenvalue weighted by molar-refractivity contribution is 5.47. The Morgan fingerprint density at radius 1 is 1.21 bits per heavy atom. The molecule has 0 radical (unpaired) electrons. The van der Waals surface area contributed by atoms with Crippen LogP contribution < -0.4 is 10.6 Å². The SMILES string of the molecule is CNc1nc(NCc2ccncc2C)c(F)cc1F. The van der Waals surface area contributed by atoms with Gasteiger partial charge >= 0.3 is 0 Å². The zero-order valence-corrected chi connectivity index (χ0v) is 10.7. The third-order valence-corrected chi connectivity index (χ3v) is 2.75. The second-order valence-electron chi connectivity index (χ2n) is 4.05. The normalized spacial score (nSPS) is 10.3. The fraction of sp³-hybridized carbons (Fsp3) is 0.231. The van der Waals surface area contributed by atoms with Crippen molar-refractivity contribution in [2.24, 2.45) is 0 Å². The van der Waals surface area contributed by atoms with Crippen LogP contribution in [0.15, 0.2) is 24.5 Å². The van der Waals surface area contributed by atoms with E-state index in [1.807, 2.05) is 13.0 Å². The second-order valence-corrected chi connectivity index (χ2v) is 4.05. The van der Waals surface area contributed by atoms with Gasteiger partial charge < -0.3 is 10.6 Å². The molecule has 0 unspecified atom stereocenters. The minimum atomic E-state index is -0.719. The Kier molecular flexibility index (Phi) is 3.89. The van der Waals surface area contributed by atoms with E-state index in [2.05, 4.69) is 20.6 Å². The molecule has 2 aromatic rings. The molecule has 0 atom stereocenters. The van der Waals surface area contributed by atoms with E-state index in [0.717, 1.165) is 17.2 Å². The van der Waals surface area contributed by atoms with E-state index in [0.29, 0.717) is 6.54 Å². The van der Waals surface area contributed by atoms with Crippen LogP contribution in [-0.2, 0) is 6.54 Å². The minimum absolute atomic E-state index is 0.00958. The number of anilines is 2. The van der Waals surface area contributed by atoms with Crippen LogP contribution in [0.25, 0.3) is 0 Å². The van der Waals surface area contributed by atoms with Crippen LogP contribution in [-0.4, -0.2) is 17.0 Å². The van der Waals surface area contributed by atoms with E-state index in [4.69, 9.17) is 0 Å². The highest BCUT2D eigenvalue weighted by atomic mass is 19.1. The van der Waals surface area contributed by atoms with E-state index in [-0.39, 0.29) is 11.6 Å². The molecular weight excluding hydrogens is 250 g/mol. The van der Waals surface area contributed by atoms with Crippen molar-refractivity contribution < 1.29 is 8.78 Å². The quantitative estimate of drug-likeness (QED) is 0.891. The van der Waals surface area contributed by atoms with Crippen LogP contribution >= 0.6 is 0 Å². The van der Waals surface area contributed by atoms with Crippen molar-refractivity contribution in [3.8, 4) is 0 Å². The number of hydrogen-bond acceptors (Lipinski definition) is 4. The molecule has 4 nitrogen and oxygen atoms in total. The van der Waals surface area contributed by atoms with Crippen molar-refractivity contribution in [1.82, 2.24) is 9.97 Å². The lowest BCUT2D eigenvalue weighted by atomic mass is 10.1. The molecule has 2 rings (SSSR count). The molecule has 2 aromatic heterocycles. The monoisotopic (exact) mass is 264 g/mol. The summed E-state index contributed by atoms with van der Waals surface area (Å²) >= 11 is 0. The molecule has 0 saturated heterocycles. The highest BCUT2D eigenvalue weighted by Crippen LogP contribution is 2.19. The van der Waals surface area contributed by atoms with Gasteiger partial charge in [-0.1, -0.05) is 0 Å². The number of nitrogens with one attached hydrogen (secondary N) is 2. The van der Waals surface area contributed by atoms with Gasteiger partial charge in [0.15, 0.2) is 23.3 Å². The van der Waals surface area contributed by atoms with Crippen LogP contribution in [0.2, 0.25) is 0 Å². The van der Waals surface area contributed by atoms with Crippen LogP contribution in [0.1, 0.15) is 11.1 Å². The van der Waals surface area contributed by atoms with Crippen LogP contribution in [0.4, 0.5) is 20.4 Å². The van der Waals surface area contributed by atoms with Crippen molar-refractivity contribution in [3.05, 3.63) is 47.3 Å². The number of nitrogens with zero attached hydrogens (tertiary/aromatic N) is 2. The Morgan fingerprint density at radius 3 is 2.63 bits per heavy atom. The van der Waals surface area contributed by atoms with Gasteiger partial charge in [0.25, 0.3) is 0 Å². The summed E-state index contributed by atoms with van der Waals surface area (Å²) in [5, 5.41) is 5.42. The van der Waals surface area contributed by atoms with Gasteiger partial charge in [-0.15, -0.1) is 0 Å². The molecule has 6 heteroatoms. The molecule has 0 aromatic carbocycles. The first kappa shape index (κ1) is 13.2. The van der Waals surface area contributed by atoms with Gasteiger partial charge in [0, 0.05) is 32.1 Å². The maximum atomic E-state index is 13.6. The van der Waals surface area contributed by atoms with Crippen molar-refractivity contribution in [3.63, 3.8) is 0 Å².